The van der Waals surface area contributed by atoms with Crippen molar-refractivity contribution in [3.63, 3.8) is 0 Å². The highest BCUT2D eigenvalue weighted by molar-refractivity contribution is 7.99. The molecule has 1 saturated carbocycles. The number of fused-ring (bicyclic) bond motifs is 1. The Morgan fingerprint density at radius 3 is 2.61 bits per heavy atom. The predicted molar refractivity (Wildman–Crippen MR) is 129 cm³/mol. The summed E-state index contributed by atoms with van der Waals surface area (Å²) in [7, 11) is 0. The van der Waals surface area contributed by atoms with Crippen LogP contribution in [-0.4, -0.2) is 25.9 Å². The number of rotatable bonds is 6. The zero-order chi connectivity index (χ0) is 21.2. The number of aromatic nitrogens is 4. The number of halogens is 1. The number of nitrogens with two attached hydrogens (primary N) is 1. The summed E-state index contributed by atoms with van der Waals surface area (Å²) in [4.78, 5) is 9.80. The van der Waals surface area contributed by atoms with Crippen molar-refractivity contribution in [1.82, 2.24) is 20.2 Å². The number of hydrogen-bond donors (Lipinski definition) is 2. The third kappa shape index (κ3) is 4.27. The van der Waals surface area contributed by atoms with Crippen molar-refractivity contribution >= 4 is 40.1 Å². The van der Waals surface area contributed by atoms with E-state index in [1.54, 1.807) is 18.0 Å². The fourth-order valence-electron chi connectivity index (χ4n) is 4.31. The highest BCUT2D eigenvalue weighted by atomic mass is 35.5. The number of hydrogen-bond acceptors (Lipinski definition) is 5. The molecule has 1 aliphatic rings. The van der Waals surface area contributed by atoms with E-state index in [2.05, 4.69) is 10.2 Å². The van der Waals surface area contributed by atoms with Gasteiger partial charge in [0.1, 0.15) is 5.03 Å². The largest absolute Gasteiger partial charge is 0.381 e. The van der Waals surface area contributed by atoms with Crippen LogP contribution < -0.4 is 5.73 Å². The molecule has 0 atom stereocenters. The molecule has 0 bridgehead atoms. The lowest BCUT2D eigenvalue weighted by Crippen LogP contribution is -2.03. The monoisotopic (exact) mass is 449 g/mol. The molecule has 31 heavy (non-hydrogen) atoms. The molecular weight excluding hydrogens is 426 g/mol. The Kier molecular flexibility index (Phi) is 5.83. The third-order valence-electron chi connectivity index (χ3n) is 5.95. The summed E-state index contributed by atoms with van der Waals surface area (Å²) in [5.41, 5.74) is 10.6. The summed E-state index contributed by atoms with van der Waals surface area (Å²) < 4.78 is 0. The molecule has 0 radical (unpaired) electrons. The molecule has 3 N–H and O–H groups in total. The van der Waals surface area contributed by atoms with E-state index in [0.29, 0.717) is 10.8 Å². The zero-order valence-electron chi connectivity index (χ0n) is 17.1. The number of nitrogens with zero attached hydrogens (tertiary/aromatic N) is 3. The first-order valence-corrected chi connectivity index (χ1v) is 12.0. The Morgan fingerprint density at radius 1 is 1.03 bits per heavy atom. The van der Waals surface area contributed by atoms with Crippen LogP contribution in [0.2, 0.25) is 5.02 Å². The van der Waals surface area contributed by atoms with Crippen LogP contribution in [0.5, 0.6) is 0 Å². The molecule has 7 heteroatoms. The van der Waals surface area contributed by atoms with E-state index >= 15 is 0 Å². The smallest absolute Gasteiger partial charge is 0.156 e. The first kappa shape index (κ1) is 20.3. The van der Waals surface area contributed by atoms with Gasteiger partial charge in [0, 0.05) is 16.5 Å². The summed E-state index contributed by atoms with van der Waals surface area (Å²) in [6.07, 6.45) is 8.41. The van der Waals surface area contributed by atoms with Gasteiger partial charge in [-0.2, -0.15) is 5.10 Å². The number of H-pyrrole nitrogens is 1. The molecular formula is C24H24ClN5S. The second kappa shape index (κ2) is 8.89. The van der Waals surface area contributed by atoms with Crippen molar-refractivity contribution in [3.05, 3.63) is 53.7 Å². The van der Waals surface area contributed by atoms with Crippen LogP contribution in [0.4, 0.5) is 5.82 Å². The molecule has 0 aliphatic heterocycles. The number of thioether (sulfide) groups is 1. The van der Waals surface area contributed by atoms with Crippen LogP contribution in [0, 0.1) is 5.92 Å². The van der Waals surface area contributed by atoms with Crippen molar-refractivity contribution < 1.29 is 0 Å². The van der Waals surface area contributed by atoms with Gasteiger partial charge in [0.05, 0.1) is 28.1 Å². The van der Waals surface area contributed by atoms with Gasteiger partial charge in [0.25, 0.3) is 0 Å². The molecule has 1 aliphatic carbocycles. The van der Waals surface area contributed by atoms with Gasteiger partial charge in [-0.25, -0.2) is 9.97 Å². The number of aromatic amines is 1. The summed E-state index contributed by atoms with van der Waals surface area (Å²) in [6, 6.07) is 14.0. The highest BCUT2D eigenvalue weighted by Gasteiger charge is 2.19. The number of benzene rings is 2. The van der Waals surface area contributed by atoms with Crippen LogP contribution in [0.3, 0.4) is 0 Å². The van der Waals surface area contributed by atoms with E-state index in [4.69, 9.17) is 27.3 Å². The van der Waals surface area contributed by atoms with Crippen LogP contribution in [-0.2, 0) is 0 Å². The Hall–Kier alpha value is -2.57. The maximum absolute atomic E-state index is 6.53. The van der Waals surface area contributed by atoms with E-state index < -0.39 is 0 Å². The van der Waals surface area contributed by atoms with Crippen molar-refractivity contribution in [2.45, 2.75) is 37.1 Å². The quantitative estimate of drug-likeness (QED) is 0.324. The van der Waals surface area contributed by atoms with E-state index in [0.717, 1.165) is 50.1 Å². The van der Waals surface area contributed by atoms with Crippen molar-refractivity contribution in [2.75, 3.05) is 11.5 Å². The number of anilines is 1. The molecule has 1 fully saturated rings. The molecule has 2 heterocycles. The van der Waals surface area contributed by atoms with E-state index in [1.165, 1.54) is 32.1 Å². The second-order valence-electron chi connectivity index (χ2n) is 8.06. The zero-order valence-corrected chi connectivity index (χ0v) is 18.7. The highest BCUT2D eigenvalue weighted by Crippen LogP contribution is 2.37. The topological polar surface area (TPSA) is 80.5 Å². The molecule has 2 aromatic carbocycles. The van der Waals surface area contributed by atoms with Crippen LogP contribution >= 0.6 is 23.4 Å². The Bertz CT molecular complexity index is 1200. The second-order valence-corrected chi connectivity index (χ2v) is 9.55. The molecule has 5 rings (SSSR count). The number of nitrogen functional groups attached to an aromatic ring is 1. The van der Waals surface area contributed by atoms with Gasteiger partial charge in [-0.05, 0) is 30.2 Å². The Labute approximate surface area is 190 Å². The summed E-state index contributed by atoms with van der Waals surface area (Å²) >= 11 is 8.24. The fourth-order valence-corrected chi connectivity index (χ4v) is 5.57. The molecule has 5 nitrogen and oxygen atoms in total. The lowest BCUT2D eigenvalue weighted by Gasteiger charge is -2.14. The lowest BCUT2D eigenvalue weighted by atomic mass is 10.0. The summed E-state index contributed by atoms with van der Waals surface area (Å²) in [5, 5.41) is 9.40. The van der Waals surface area contributed by atoms with Gasteiger partial charge < -0.3 is 5.73 Å². The molecule has 0 spiro atoms. The molecule has 0 unspecified atom stereocenters. The molecule has 2 aromatic heterocycles. The van der Waals surface area contributed by atoms with Gasteiger partial charge in [-0.3, -0.25) is 5.10 Å². The average molecular weight is 450 g/mol. The maximum Gasteiger partial charge on any atom is 0.156 e. The minimum absolute atomic E-state index is 0.481. The minimum Gasteiger partial charge on any atom is -0.381 e. The third-order valence-corrected chi connectivity index (χ3v) is 7.26. The minimum atomic E-state index is 0.481. The van der Waals surface area contributed by atoms with Crippen molar-refractivity contribution in [1.29, 1.82) is 0 Å². The lowest BCUT2D eigenvalue weighted by molar-refractivity contribution is 0.535. The van der Waals surface area contributed by atoms with Gasteiger partial charge in [-0.1, -0.05) is 67.6 Å². The van der Waals surface area contributed by atoms with Crippen LogP contribution in [0.15, 0.2) is 53.7 Å². The first-order chi connectivity index (χ1) is 15.2. The normalized spacial score (nSPS) is 14.5. The molecule has 4 aromatic rings. The molecule has 0 saturated heterocycles. The van der Waals surface area contributed by atoms with Gasteiger partial charge in [-0.15, -0.1) is 11.8 Å². The van der Waals surface area contributed by atoms with Gasteiger partial charge in [0.15, 0.2) is 5.82 Å². The average Bonchev–Trinajstić information content (AvgIpc) is 3.47. The molecule has 158 valence electrons. The number of nitrogens with one attached hydrogen (secondary N) is 1. The summed E-state index contributed by atoms with van der Waals surface area (Å²) in [6.45, 7) is 0. The predicted octanol–water partition coefficient (Wildman–Crippen LogP) is 6.59. The van der Waals surface area contributed by atoms with E-state index in [1.807, 2.05) is 42.5 Å². The van der Waals surface area contributed by atoms with E-state index in [9.17, 15) is 0 Å². The first-order valence-electron chi connectivity index (χ1n) is 10.7. The summed E-state index contributed by atoms with van der Waals surface area (Å²) in [5.74, 6) is 2.33. The van der Waals surface area contributed by atoms with E-state index in [-0.39, 0.29) is 0 Å². The van der Waals surface area contributed by atoms with Crippen LogP contribution in [0.25, 0.3) is 33.4 Å². The molecule has 0 amide bonds. The van der Waals surface area contributed by atoms with Crippen molar-refractivity contribution in [3.8, 4) is 22.5 Å². The van der Waals surface area contributed by atoms with Crippen LogP contribution in [0.1, 0.15) is 32.1 Å². The van der Waals surface area contributed by atoms with Gasteiger partial charge in [0.2, 0.25) is 0 Å². The Morgan fingerprint density at radius 2 is 1.81 bits per heavy atom. The Balaban J connectivity index is 1.55. The maximum atomic E-state index is 6.53. The van der Waals surface area contributed by atoms with Crippen molar-refractivity contribution in [2.24, 2.45) is 5.92 Å². The SMILES string of the molecule is Nc1nc(-c2ccccc2)c(-c2cc(Cl)c3[nH]ncc3c2)nc1SCCC1CCCC1. The standard InChI is InChI=1S/C24H24ClN5S/c25-19-13-17(12-18-14-27-30-20(18)19)22-21(16-8-2-1-3-9-16)28-23(26)24(29-22)31-11-10-15-6-4-5-7-15/h1-3,8-9,12-15H,4-7,10-11H2,(H2,26,28)(H,27,30). The van der Waals surface area contributed by atoms with Gasteiger partial charge >= 0.3 is 0 Å². The fraction of sp³-hybridized carbons (Fsp3) is 0.292.